The molecule has 0 bridgehead atoms. The highest BCUT2D eigenvalue weighted by Crippen LogP contribution is 2.30. The average Bonchev–Trinajstić information content (AvgIpc) is 2.97. The second-order valence-electron chi connectivity index (χ2n) is 9.59. The molecule has 3 aromatic rings. The minimum Gasteiger partial charge on any atom is -0.743 e. The van der Waals surface area contributed by atoms with E-state index in [2.05, 4.69) is 64.8 Å². The van der Waals surface area contributed by atoms with E-state index in [0.717, 1.165) is 17.4 Å². The van der Waals surface area contributed by atoms with Gasteiger partial charge in [-0.15, -0.1) is 0 Å². The smallest absolute Gasteiger partial charge is 0.367 e. The molecule has 1 fully saturated rings. The van der Waals surface area contributed by atoms with E-state index in [9.17, 15) is 34.6 Å². The van der Waals surface area contributed by atoms with Crippen molar-refractivity contribution in [3.8, 4) is 0 Å². The molecule has 6 nitrogen and oxygen atoms in total. The van der Waals surface area contributed by atoms with Crippen LogP contribution in [0.15, 0.2) is 95.9 Å². The summed E-state index contributed by atoms with van der Waals surface area (Å²) in [4.78, 5) is -0.430. The first kappa shape index (κ1) is 33.1. The third kappa shape index (κ3) is 10.1. The summed E-state index contributed by atoms with van der Waals surface area (Å²) in [6.07, 6.45) is 3.62. The Morgan fingerprint density at radius 1 is 0.780 bits per heavy atom. The number of halogens is 3. The zero-order valence-corrected chi connectivity index (χ0v) is 24.7. The molecule has 0 spiro atoms. The van der Waals surface area contributed by atoms with Crippen molar-refractivity contribution >= 4 is 31.1 Å². The maximum Gasteiger partial charge on any atom is 0.367 e. The molecule has 224 valence electrons. The number of hydrogen-bond donors (Lipinski definition) is 0. The molecule has 4 rings (SSSR count). The van der Waals surface area contributed by atoms with Gasteiger partial charge in [0.2, 0.25) is 6.17 Å². The van der Waals surface area contributed by atoms with Crippen molar-refractivity contribution in [2.75, 3.05) is 6.61 Å². The molecule has 0 saturated heterocycles. The molecular formula is C29H33F3O6S3. The van der Waals surface area contributed by atoms with Gasteiger partial charge in [-0.1, -0.05) is 85.3 Å². The quantitative estimate of drug-likeness (QED) is 0.142. The van der Waals surface area contributed by atoms with Crippen LogP contribution in [0.1, 0.15) is 43.2 Å². The molecule has 0 aromatic heterocycles. The lowest BCUT2D eigenvalue weighted by atomic mass is 10.0. The van der Waals surface area contributed by atoms with Crippen LogP contribution in [0.2, 0.25) is 0 Å². The van der Waals surface area contributed by atoms with Gasteiger partial charge in [-0.3, -0.25) is 4.18 Å². The van der Waals surface area contributed by atoms with Gasteiger partial charge in [0, 0.05) is 11.1 Å². The minimum absolute atomic E-state index is 0.430. The van der Waals surface area contributed by atoms with E-state index < -0.39 is 43.2 Å². The van der Waals surface area contributed by atoms with E-state index in [1.165, 1.54) is 72.9 Å². The van der Waals surface area contributed by atoms with E-state index >= 15 is 0 Å². The van der Waals surface area contributed by atoms with Crippen molar-refractivity contribution in [2.24, 2.45) is 0 Å². The van der Waals surface area contributed by atoms with Crippen LogP contribution in [0.4, 0.5) is 13.2 Å². The molecule has 1 unspecified atom stereocenters. The van der Waals surface area contributed by atoms with Gasteiger partial charge in [-0.2, -0.15) is 17.2 Å². The van der Waals surface area contributed by atoms with E-state index in [1.807, 2.05) is 0 Å². The van der Waals surface area contributed by atoms with Gasteiger partial charge in [0.25, 0.3) is 10.1 Å². The summed E-state index contributed by atoms with van der Waals surface area (Å²) in [5.41, 5.74) is 3.03. The molecule has 0 radical (unpaired) electrons. The topological polar surface area (TPSA) is 101 Å². The van der Waals surface area contributed by atoms with E-state index in [-0.39, 0.29) is 0 Å². The highest BCUT2D eigenvalue weighted by molar-refractivity contribution is 7.96. The zero-order chi connectivity index (χ0) is 29.9. The first-order valence-electron chi connectivity index (χ1n) is 13.1. The van der Waals surface area contributed by atoms with E-state index in [4.69, 9.17) is 0 Å². The summed E-state index contributed by atoms with van der Waals surface area (Å²) < 4.78 is 95.8. The van der Waals surface area contributed by atoms with Crippen molar-refractivity contribution in [1.82, 2.24) is 0 Å². The van der Waals surface area contributed by atoms with Gasteiger partial charge in [-0.25, -0.2) is 12.8 Å². The zero-order valence-electron chi connectivity index (χ0n) is 22.3. The van der Waals surface area contributed by atoms with Crippen LogP contribution in [-0.2, 0) is 46.8 Å². The molecule has 3 aromatic carbocycles. The Morgan fingerprint density at radius 2 is 1.22 bits per heavy atom. The minimum atomic E-state index is -6.27. The average molecular weight is 631 g/mol. The molecule has 12 heteroatoms. The molecule has 1 saturated carbocycles. The Bertz CT molecular complexity index is 1360. The number of benzene rings is 3. The molecule has 0 heterocycles. The van der Waals surface area contributed by atoms with Crippen LogP contribution in [0, 0.1) is 0 Å². The first-order valence-corrected chi connectivity index (χ1v) is 17.5. The Balaban J connectivity index is 0.000000226. The van der Waals surface area contributed by atoms with Gasteiger partial charge in [0.05, 0.1) is 4.90 Å². The maximum atomic E-state index is 13.0. The summed E-state index contributed by atoms with van der Waals surface area (Å²) in [6.45, 7) is -1.80. The first-order chi connectivity index (χ1) is 19.4. The van der Waals surface area contributed by atoms with Crippen LogP contribution in [0.5, 0.6) is 0 Å². The second-order valence-corrected chi connectivity index (χ2v) is 15.0. The summed E-state index contributed by atoms with van der Waals surface area (Å²) in [5, 5.41) is -4.33. The number of hydrogen-bond acceptors (Lipinski definition) is 6. The SMILES string of the molecule is O=S(=O)(OCC(F)C(F)(F)S(=O)(=O)[O-])c1ccccc1.c1ccc(C[S+](Cc2ccccc2)C2CCCCC2)cc1. The summed E-state index contributed by atoms with van der Waals surface area (Å²) in [7, 11) is -10.3. The van der Waals surface area contributed by atoms with Crippen molar-refractivity contribution in [3.05, 3.63) is 102 Å². The second kappa shape index (κ2) is 15.2. The number of rotatable bonds is 11. The normalized spacial score (nSPS) is 15.6. The fraction of sp³-hybridized carbons (Fsp3) is 0.379. The summed E-state index contributed by atoms with van der Waals surface area (Å²) in [6, 6.07) is 28.4. The monoisotopic (exact) mass is 630 g/mol. The standard InChI is InChI=1S/C20H25S.C9H9F3O6S2/c1-4-10-18(11-5-1)16-21(20-14-8-3-9-15-20)17-19-12-6-2-7-13-19;10-8(9(11,12)20(15,16)17)6-18-19(13,14)7-4-2-1-3-5-7/h1-2,4-7,10-13,20H,3,8-9,14-17H2;1-5,8H,6H2,(H,15,16,17)/q+1;/p-1. The Hall–Kier alpha value is -2.38. The van der Waals surface area contributed by atoms with Crippen LogP contribution < -0.4 is 0 Å². The van der Waals surface area contributed by atoms with Gasteiger partial charge in [0.1, 0.15) is 23.4 Å². The lowest BCUT2D eigenvalue weighted by Crippen LogP contribution is -2.41. The van der Waals surface area contributed by atoms with Crippen molar-refractivity contribution < 1.29 is 38.7 Å². The molecule has 0 N–H and O–H groups in total. The lowest BCUT2D eigenvalue weighted by molar-refractivity contribution is -0.0217. The molecule has 41 heavy (non-hydrogen) atoms. The molecule has 1 aliphatic rings. The van der Waals surface area contributed by atoms with Crippen LogP contribution >= 0.6 is 0 Å². The largest absolute Gasteiger partial charge is 0.743 e. The van der Waals surface area contributed by atoms with Gasteiger partial charge in [-0.05, 0) is 48.7 Å². The molecule has 1 atom stereocenters. The Kier molecular flexibility index (Phi) is 12.3. The van der Waals surface area contributed by atoms with Crippen molar-refractivity contribution in [2.45, 2.75) is 65.2 Å². The predicted octanol–water partition coefficient (Wildman–Crippen LogP) is 6.21. The van der Waals surface area contributed by atoms with Crippen LogP contribution in [0.3, 0.4) is 0 Å². The maximum absolute atomic E-state index is 13.0. The van der Waals surface area contributed by atoms with Crippen molar-refractivity contribution in [3.63, 3.8) is 0 Å². The van der Waals surface area contributed by atoms with Gasteiger partial charge in [0.15, 0.2) is 10.1 Å². The summed E-state index contributed by atoms with van der Waals surface area (Å²) >= 11 is 0. The third-order valence-electron chi connectivity index (χ3n) is 6.51. The fourth-order valence-corrected chi connectivity index (χ4v) is 8.44. The third-order valence-corrected chi connectivity index (χ3v) is 11.6. The Labute approximate surface area is 243 Å². The van der Waals surface area contributed by atoms with Gasteiger partial charge >= 0.3 is 5.25 Å². The lowest BCUT2D eigenvalue weighted by Gasteiger charge is -2.23. The highest BCUT2D eigenvalue weighted by atomic mass is 32.2. The van der Waals surface area contributed by atoms with Crippen LogP contribution in [-0.4, -0.2) is 44.7 Å². The van der Waals surface area contributed by atoms with E-state index in [1.54, 1.807) is 0 Å². The molecular weight excluding hydrogens is 598 g/mol. The highest BCUT2D eigenvalue weighted by Gasteiger charge is 2.48. The van der Waals surface area contributed by atoms with E-state index in [0.29, 0.717) is 10.9 Å². The molecule has 1 aliphatic carbocycles. The van der Waals surface area contributed by atoms with Crippen LogP contribution in [0.25, 0.3) is 0 Å². The Morgan fingerprint density at radius 3 is 1.66 bits per heavy atom. The summed E-state index contributed by atoms with van der Waals surface area (Å²) in [5.74, 6) is 2.53. The van der Waals surface area contributed by atoms with Gasteiger partial charge < -0.3 is 4.55 Å². The number of alkyl halides is 3. The fourth-order valence-electron chi connectivity index (χ4n) is 4.32. The predicted molar refractivity (Wildman–Crippen MR) is 154 cm³/mol. The molecule has 0 amide bonds. The molecule has 0 aliphatic heterocycles. The van der Waals surface area contributed by atoms with Crippen molar-refractivity contribution in [1.29, 1.82) is 0 Å².